The van der Waals surface area contributed by atoms with Crippen LogP contribution in [0.1, 0.15) is 49.7 Å². The fraction of sp³-hybridized carbons (Fsp3) is 0.400. The van der Waals surface area contributed by atoms with Crippen LogP contribution in [0.3, 0.4) is 0 Å². The monoisotopic (exact) mass is 449 g/mol. The van der Waals surface area contributed by atoms with Crippen LogP contribution in [0.25, 0.3) is 6.08 Å². The topological polar surface area (TPSA) is 38.3 Å². The summed E-state index contributed by atoms with van der Waals surface area (Å²) in [6.45, 7) is 0. The molecule has 2 heterocycles. The van der Waals surface area contributed by atoms with E-state index in [-0.39, 0.29) is 17.4 Å². The van der Waals surface area contributed by atoms with Crippen molar-refractivity contribution in [2.45, 2.75) is 55.6 Å². The van der Waals surface area contributed by atoms with Crippen LogP contribution in [0.5, 0.6) is 0 Å². The zero-order valence-corrected chi connectivity index (χ0v) is 17.9. The van der Waals surface area contributed by atoms with E-state index in [1.165, 1.54) is 30.4 Å². The van der Waals surface area contributed by atoms with Crippen molar-refractivity contribution in [2.75, 3.05) is 5.32 Å². The Labute approximate surface area is 179 Å². The highest BCUT2D eigenvalue weighted by Gasteiger charge is 2.80. The zero-order chi connectivity index (χ0) is 19.6. The summed E-state index contributed by atoms with van der Waals surface area (Å²) in [6.07, 6.45) is 8.79. The molecule has 4 heteroatoms. The molecule has 2 aliphatic carbocycles. The SMILES string of the molecule is O=C1C[C@]23c4ccccc4N[C@H]2/C(=C\c2ccc(Br)cc2)[C@]3(C2CCCCC2)O1. The average Bonchev–Trinajstić information content (AvgIpc) is 3.19. The van der Waals surface area contributed by atoms with Gasteiger partial charge < -0.3 is 10.1 Å². The van der Waals surface area contributed by atoms with Crippen molar-refractivity contribution < 1.29 is 9.53 Å². The van der Waals surface area contributed by atoms with E-state index in [1.807, 2.05) is 0 Å². The Morgan fingerprint density at radius 3 is 2.59 bits per heavy atom. The number of rotatable bonds is 2. The van der Waals surface area contributed by atoms with Gasteiger partial charge in [0.15, 0.2) is 5.60 Å². The smallest absolute Gasteiger partial charge is 0.307 e. The van der Waals surface area contributed by atoms with Gasteiger partial charge >= 0.3 is 5.97 Å². The number of fused-ring (bicyclic) bond motifs is 1. The van der Waals surface area contributed by atoms with Gasteiger partial charge in [0.05, 0.1) is 17.9 Å². The molecule has 2 aromatic carbocycles. The van der Waals surface area contributed by atoms with Crippen molar-refractivity contribution >= 4 is 33.7 Å². The van der Waals surface area contributed by atoms with E-state index in [9.17, 15) is 4.79 Å². The van der Waals surface area contributed by atoms with Gasteiger partial charge in [0.2, 0.25) is 0 Å². The number of hydrogen-bond acceptors (Lipinski definition) is 3. The van der Waals surface area contributed by atoms with Gasteiger partial charge in [0, 0.05) is 16.1 Å². The molecule has 6 rings (SSSR count). The second-order valence-electron chi connectivity index (χ2n) is 8.97. The summed E-state index contributed by atoms with van der Waals surface area (Å²) in [5, 5.41) is 3.75. The van der Waals surface area contributed by atoms with Crippen LogP contribution in [-0.2, 0) is 14.9 Å². The minimum absolute atomic E-state index is 0.0433. The average molecular weight is 450 g/mol. The van der Waals surface area contributed by atoms with E-state index in [0.29, 0.717) is 12.3 Å². The highest BCUT2D eigenvalue weighted by atomic mass is 79.9. The maximum absolute atomic E-state index is 12.9. The van der Waals surface area contributed by atoms with Crippen molar-refractivity contribution in [1.29, 1.82) is 0 Å². The van der Waals surface area contributed by atoms with Gasteiger partial charge in [-0.3, -0.25) is 4.79 Å². The van der Waals surface area contributed by atoms with E-state index in [0.717, 1.165) is 28.6 Å². The summed E-state index contributed by atoms with van der Waals surface area (Å²) >= 11 is 3.53. The molecule has 0 unspecified atom stereocenters. The number of hydrogen-bond donors (Lipinski definition) is 1. The molecule has 4 aliphatic rings. The molecule has 0 aromatic heterocycles. The van der Waals surface area contributed by atoms with Gasteiger partial charge in [0.25, 0.3) is 0 Å². The van der Waals surface area contributed by atoms with E-state index < -0.39 is 5.60 Å². The number of benzene rings is 2. The van der Waals surface area contributed by atoms with Gasteiger partial charge in [-0.25, -0.2) is 0 Å². The Morgan fingerprint density at radius 1 is 1.03 bits per heavy atom. The Morgan fingerprint density at radius 2 is 1.79 bits per heavy atom. The van der Waals surface area contributed by atoms with E-state index in [2.05, 4.69) is 75.9 Å². The fourth-order valence-electron chi connectivity index (χ4n) is 6.63. The number of para-hydroxylation sites is 1. The first-order chi connectivity index (χ1) is 14.1. The van der Waals surface area contributed by atoms with Crippen molar-refractivity contribution in [3.63, 3.8) is 0 Å². The van der Waals surface area contributed by atoms with Crippen LogP contribution in [-0.4, -0.2) is 17.6 Å². The van der Waals surface area contributed by atoms with Gasteiger partial charge in [-0.1, -0.05) is 65.5 Å². The molecular weight excluding hydrogens is 426 g/mol. The third-order valence-corrected chi connectivity index (χ3v) is 8.20. The normalized spacial score (nSPS) is 34.0. The molecular formula is C25H24BrNO2. The first-order valence-corrected chi connectivity index (χ1v) is 11.5. The predicted octanol–water partition coefficient (Wildman–Crippen LogP) is 5.84. The Balaban J connectivity index is 1.56. The second kappa shape index (κ2) is 6.21. The number of ether oxygens (including phenoxy) is 1. The van der Waals surface area contributed by atoms with Gasteiger partial charge in [-0.05, 0) is 53.8 Å². The maximum atomic E-state index is 12.9. The molecule has 0 amide bonds. The summed E-state index contributed by atoms with van der Waals surface area (Å²) in [4.78, 5) is 12.9. The number of anilines is 1. The second-order valence-corrected chi connectivity index (χ2v) is 9.88. The van der Waals surface area contributed by atoms with E-state index in [4.69, 9.17) is 4.74 Å². The molecule has 1 N–H and O–H groups in total. The lowest BCUT2D eigenvalue weighted by molar-refractivity contribution is -0.158. The molecule has 3 atom stereocenters. The van der Waals surface area contributed by atoms with Crippen LogP contribution < -0.4 is 5.32 Å². The third-order valence-electron chi connectivity index (χ3n) is 7.67. The van der Waals surface area contributed by atoms with E-state index in [1.54, 1.807) is 0 Å². The fourth-order valence-corrected chi connectivity index (χ4v) is 6.89. The zero-order valence-electron chi connectivity index (χ0n) is 16.3. The minimum atomic E-state index is -0.498. The predicted molar refractivity (Wildman–Crippen MR) is 118 cm³/mol. The molecule has 2 saturated carbocycles. The molecule has 3 fully saturated rings. The summed E-state index contributed by atoms with van der Waals surface area (Å²) in [7, 11) is 0. The Kier molecular flexibility index (Phi) is 3.80. The number of carbonyl (C=O) groups is 1. The molecule has 1 saturated heterocycles. The van der Waals surface area contributed by atoms with Crippen LogP contribution in [0, 0.1) is 5.92 Å². The van der Waals surface area contributed by atoms with Crippen molar-refractivity contribution in [3.05, 3.63) is 69.7 Å². The highest BCUT2D eigenvalue weighted by molar-refractivity contribution is 9.10. The first kappa shape index (κ1) is 17.8. The van der Waals surface area contributed by atoms with Crippen molar-refractivity contribution in [3.8, 4) is 0 Å². The molecule has 29 heavy (non-hydrogen) atoms. The lowest BCUT2D eigenvalue weighted by atomic mass is 9.44. The van der Waals surface area contributed by atoms with Crippen LogP contribution in [0.4, 0.5) is 5.69 Å². The molecule has 0 bridgehead atoms. The summed E-state index contributed by atoms with van der Waals surface area (Å²) in [5.41, 5.74) is 4.09. The number of carbonyl (C=O) groups excluding carboxylic acids is 1. The molecule has 2 aromatic rings. The van der Waals surface area contributed by atoms with Crippen molar-refractivity contribution in [2.24, 2.45) is 5.92 Å². The van der Waals surface area contributed by atoms with Gasteiger partial charge in [-0.2, -0.15) is 0 Å². The first-order valence-electron chi connectivity index (χ1n) is 10.7. The third kappa shape index (κ3) is 2.21. The molecule has 148 valence electrons. The van der Waals surface area contributed by atoms with Crippen molar-refractivity contribution in [1.82, 2.24) is 0 Å². The highest BCUT2D eigenvalue weighted by Crippen LogP contribution is 2.71. The quantitative estimate of drug-likeness (QED) is 0.584. The molecule has 0 radical (unpaired) electrons. The summed E-state index contributed by atoms with van der Waals surface area (Å²) in [6, 6.07) is 17.1. The number of nitrogens with one attached hydrogen (secondary N) is 1. The lowest BCUT2D eigenvalue weighted by Gasteiger charge is -2.61. The molecule has 3 nitrogen and oxygen atoms in total. The van der Waals surface area contributed by atoms with Gasteiger partial charge in [-0.15, -0.1) is 0 Å². The number of halogens is 1. The maximum Gasteiger partial charge on any atom is 0.307 e. The summed E-state index contributed by atoms with van der Waals surface area (Å²) in [5.74, 6) is 0.354. The molecule has 2 aliphatic heterocycles. The standard InChI is InChI=1S/C25H24BrNO2/c26-18-12-10-16(11-13-18)14-20-23-24(19-8-4-5-9-21(19)27-23)15-22(28)29-25(20,24)17-6-2-1-3-7-17/h4-5,8-14,17,23,27H,1-3,6-7,15H2/b20-14+/t23-,24-,25-/m0/s1. The van der Waals surface area contributed by atoms with Crippen LogP contribution in [0.2, 0.25) is 0 Å². The van der Waals surface area contributed by atoms with Crippen LogP contribution in [0.15, 0.2) is 58.6 Å². The van der Waals surface area contributed by atoms with Crippen LogP contribution >= 0.6 is 15.9 Å². The number of esters is 1. The Bertz CT molecular complexity index is 1020. The lowest BCUT2D eigenvalue weighted by Crippen LogP contribution is -2.72. The Hall–Kier alpha value is -2.07. The van der Waals surface area contributed by atoms with Gasteiger partial charge in [0.1, 0.15) is 0 Å². The summed E-state index contributed by atoms with van der Waals surface area (Å²) < 4.78 is 7.47. The van der Waals surface area contributed by atoms with E-state index >= 15 is 0 Å². The molecule has 1 spiro atoms. The minimum Gasteiger partial charge on any atom is -0.453 e. The largest absolute Gasteiger partial charge is 0.453 e.